The minimum atomic E-state index is -2.26. The molecule has 0 spiro atoms. The SMILES string of the molecule is [2H]C([2H])([2H])n1cc(C)c(C(=O)OCC)c1C. The molecule has 0 N–H and O–H groups in total. The number of aromatic nitrogens is 1. The van der Waals surface area contributed by atoms with E-state index >= 15 is 0 Å². The molecule has 0 radical (unpaired) electrons. The average molecular weight is 184 g/mol. The van der Waals surface area contributed by atoms with Crippen molar-refractivity contribution in [3.05, 3.63) is 23.0 Å². The number of hydrogen-bond donors (Lipinski definition) is 0. The first-order chi connectivity index (χ1) is 7.29. The van der Waals surface area contributed by atoms with Crippen LogP contribution in [0.25, 0.3) is 0 Å². The molecule has 0 amide bonds. The van der Waals surface area contributed by atoms with Crippen LogP contribution in [0.4, 0.5) is 0 Å². The third kappa shape index (κ3) is 1.74. The minimum Gasteiger partial charge on any atom is -0.462 e. The molecule has 3 nitrogen and oxygen atoms in total. The van der Waals surface area contributed by atoms with Crippen LogP contribution in [-0.4, -0.2) is 17.1 Å². The van der Waals surface area contributed by atoms with E-state index < -0.39 is 12.9 Å². The van der Waals surface area contributed by atoms with Crippen molar-refractivity contribution in [2.45, 2.75) is 20.8 Å². The Labute approximate surface area is 82.5 Å². The topological polar surface area (TPSA) is 31.2 Å². The molecule has 72 valence electrons. The van der Waals surface area contributed by atoms with Crippen LogP contribution in [0.2, 0.25) is 0 Å². The second-order valence-corrected chi connectivity index (χ2v) is 2.86. The summed E-state index contributed by atoms with van der Waals surface area (Å²) in [6, 6.07) is 0. The number of nitrogens with zero attached hydrogens (tertiary/aromatic N) is 1. The third-order valence-corrected chi connectivity index (χ3v) is 1.92. The van der Waals surface area contributed by atoms with Crippen LogP contribution in [0.1, 0.15) is 32.7 Å². The van der Waals surface area contributed by atoms with E-state index in [9.17, 15) is 4.79 Å². The Bertz CT molecular complexity index is 407. The van der Waals surface area contributed by atoms with Crippen LogP contribution in [0.3, 0.4) is 0 Å². The third-order valence-electron chi connectivity index (χ3n) is 1.92. The average Bonchev–Trinajstić information content (AvgIpc) is 2.41. The fraction of sp³-hybridized carbons (Fsp3) is 0.500. The van der Waals surface area contributed by atoms with E-state index in [0.29, 0.717) is 16.8 Å². The van der Waals surface area contributed by atoms with Gasteiger partial charge in [-0.2, -0.15) is 0 Å². The summed E-state index contributed by atoms with van der Waals surface area (Å²) in [6.07, 6.45) is 1.45. The Balaban J connectivity index is 3.23. The van der Waals surface area contributed by atoms with Gasteiger partial charge in [0, 0.05) is 23.0 Å². The molecule has 1 aromatic rings. The van der Waals surface area contributed by atoms with Gasteiger partial charge in [-0.15, -0.1) is 0 Å². The molecule has 0 unspecified atom stereocenters. The van der Waals surface area contributed by atoms with Gasteiger partial charge in [0.05, 0.1) is 12.2 Å². The standard InChI is InChI=1S/C10H15NO2/c1-5-13-10(12)9-7(2)6-11(4)8(9)3/h6H,5H2,1-4H3/i4D3. The highest BCUT2D eigenvalue weighted by molar-refractivity contribution is 5.92. The summed E-state index contributed by atoms with van der Waals surface area (Å²) in [6.45, 7) is 3.02. The lowest BCUT2D eigenvalue weighted by molar-refractivity contribution is 0.0524. The molecule has 3 heteroatoms. The lowest BCUT2D eigenvalue weighted by Crippen LogP contribution is -2.07. The summed E-state index contributed by atoms with van der Waals surface area (Å²) >= 11 is 0. The molecule has 1 aromatic heterocycles. The van der Waals surface area contributed by atoms with Gasteiger partial charge in [-0.3, -0.25) is 0 Å². The molecule has 0 bridgehead atoms. The van der Waals surface area contributed by atoms with Crippen LogP contribution in [-0.2, 0) is 11.7 Å². The lowest BCUT2D eigenvalue weighted by Gasteiger charge is -2.02. The minimum absolute atomic E-state index is 0.274. The molecule has 0 atom stereocenters. The van der Waals surface area contributed by atoms with Crippen molar-refractivity contribution in [3.8, 4) is 0 Å². The molecule has 0 aliphatic rings. The van der Waals surface area contributed by atoms with Gasteiger partial charge in [0.1, 0.15) is 0 Å². The fourth-order valence-corrected chi connectivity index (χ4v) is 1.27. The molecule has 0 aromatic carbocycles. The summed E-state index contributed by atoms with van der Waals surface area (Å²) < 4.78 is 27.9. The first-order valence-corrected chi connectivity index (χ1v) is 4.15. The van der Waals surface area contributed by atoms with Crippen LogP contribution < -0.4 is 0 Å². The van der Waals surface area contributed by atoms with Gasteiger partial charge in [0.15, 0.2) is 0 Å². The van der Waals surface area contributed by atoms with Gasteiger partial charge in [0.2, 0.25) is 0 Å². The smallest absolute Gasteiger partial charge is 0.340 e. The summed E-state index contributed by atoms with van der Waals surface area (Å²) in [5, 5.41) is 0. The molecule has 13 heavy (non-hydrogen) atoms. The highest BCUT2D eigenvalue weighted by Crippen LogP contribution is 2.15. The van der Waals surface area contributed by atoms with Crippen LogP contribution >= 0.6 is 0 Å². The molecule has 1 rings (SSSR count). The van der Waals surface area contributed by atoms with Gasteiger partial charge in [-0.25, -0.2) is 4.79 Å². The molecular weight excluding hydrogens is 166 g/mol. The predicted octanol–water partition coefficient (Wildman–Crippen LogP) is 1.82. The van der Waals surface area contributed by atoms with Gasteiger partial charge in [0.25, 0.3) is 0 Å². The largest absolute Gasteiger partial charge is 0.462 e. The zero-order valence-electron chi connectivity index (χ0n) is 11.0. The van der Waals surface area contributed by atoms with Crippen LogP contribution in [0.15, 0.2) is 6.20 Å². The fourth-order valence-electron chi connectivity index (χ4n) is 1.27. The number of carbonyl (C=O) groups excluding carboxylic acids is 1. The maximum Gasteiger partial charge on any atom is 0.340 e. The molecule has 0 aliphatic heterocycles. The van der Waals surface area contributed by atoms with Gasteiger partial charge < -0.3 is 9.30 Å². The first kappa shape index (κ1) is 6.24. The number of ether oxygens (including phenoxy) is 1. The maximum atomic E-state index is 11.6. The number of carbonyl (C=O) groups is 1. The predicted molar refractivity (Wildman–Crippen MR) is 50.8 cm³/mol. The van der Waals surface area contributed by atoms with Crippen molar-refractivity contribution < 1.29 is 13.6 Å². The second kappa shape index (κ2) is 3.64. The zero-order chi connectivity index (χ0) is 12.5. The van der Waals surface area contributed by atoms with Crippen molar-refractivity contribution in [2.75, 3.05) is 6.61 Å². The van der Waals surface area contributed by atoms with E-state index in [4.69, 9.17) is 8.85 Å². The molecule has 1 heterocycles. The Morgan fingerprint density at radius 1 is 1.69 bits per heavy atom. The maximum absolute atomic E-state index is 11.6. The van der Waals surface area contributed by atoms with Gasteiger partial charge >= 0.3 is 5.97 Å². The molecule has 0 saturated carbocycles. The Morgan fingerprint density at radius 3 is 2.85 bits per heavy atom. The molecule has 0 saturated heterocycles. The summed E-state index contributed by atoms with van der Waals surface area (Å²) in [5.41, 5.74) is 1.38. The van der Waals surface area contributed by atoms with Crippen molar-refractivity contribution in [2.24, 2.45) is 6.98 Å². The number of aryl methyl sites for hydroxylation is 2. The Kier molecular flexibility index (Phi) is 1.75. The normalized spacial score (nSPS) is 14.5. The van der Waals surface area contributed by atoms with E-state index in [0.717, 1.165) is 4.57 Å². The van der Waals surface area contributed by atoms with Crippen molar-refractivity contribution in [1.82, 2.24) is 4.57 Å². The van der Waals surface area contributed by atoms with E-state index in [1.807, 2.05) is 0 Å². The van der Waals surface area contributed by atoms with E-state index in [1.165, 1.54) is 6.20 Å². The number of hydrogen-bond acceptors (Lipinski definition) is 2. The lowest BCUT2D eigenvalue weighted by atomic mass is 10.2. The van der Waals surface area contributed by atoms with Crippen LogP contribution in [0, 0.1) is 13.8 Å². The van der Waals surface area contributed by atoms with E-state index in [2.05, 4.69) is 0 Å². The highest BCUT2D eigenvalue weighted by atomic mass is 16.5. The van der Waals surface area contributed by atoms with Gasteiger partial charge in [-0.05, 0) is 26.3 Å². The molecule has 0 fully saturated rings. The van der Waals surface area contributed by atoms with Crippen molar-refractivity contribution in [1.29, 1.82) is 0 Å². The quantitative estimate of drug-likeness (QED) is 0.656. The molecular formula is C10H15NO2. The monoisotopic (exact) mass is 184 g/mol. The summed E-state index contributed by atoms with van der Waals surface area (Å²) in [7, 11) is 0. The summed E-state index contributed by atoms with van der Waals surface area (Å²) in [4.78, 5) is 11.6. The Hall–Kier alpha value is -1.25. The Morgan fingerprint density at radius 2 is 2.38 bits per heavy atom. The number of esters is 1. The summed E-state index contributed by atoms with van der Waals surface area (Å²) in [5.74, 6) is -0.472. The zero-order valence-corrected chi connectivity index (χ0v) is 8.05. The molecule has 0 aliphatic carbocycles. The van der Waals surface area contributed by atoms with Gasteiger partial charge in [-0.1, -0.05) is 0 Å². The van der Waals surface area contributed by atoms with Crippen LogP contribution in [0.5, 0.6) is 0 Å². The first-order valence-electron chi connectivity index (χ1n) is 5.65. The highest BCUT2D eigenvalue weighted by Gasteiger charge is 2.15. The van der Waals surface area contributed by atoms with E-state index in [-0.39, 0.29) is 6.61 Å². The second-order valence-electron chi connectivity index (χ2n) is 2.86. The van der Waals surface area contributed by atoms with E-state index in [1.54, 1.807) is 20.8 Å². The van der Waals surface area contributed by atoms with Crippen molar-refractivity contribution in [3.63, 3.8) is 0 Å². The number of rotatable bonds is 2. The van der Waals surface area contributed by atoms with Crippen molar-refractivity contribution >= 4 is 5.97 Å².